The van der Waals surface area contributed by atoms with Gasteiger partial charge in [0.1, 0.15) is 0 Å². The minimum absolute atomic E-state index is 0.0107. The van der Waals surface area contributed by atoms with Crippen LogP contribution in [0.5, 0.6) is 0 Å². The second-order valence-electron chi connectivity index (χ2n) is 5.11. The maximum atomic E-state index is 11.2. The summed E-state index contributed by atoms with van der Waals surface area (Å²) in [5.74, 6) is 0.422. The molecule has 1 aromatic carbocycles. The monoisotopic (exact) mass is 263 g/mol. The Balaban J connectivity index is 3.35. The van der Waals surface area contributed by atoms with Crippen LogP contribution in [0.2, 0.25) is 0 Å². The molecule has 0 bridgehead atoms. The third kappa shape index (κ3) is 4.05. The first-order valence-electron chi connectivity index (χ1n) is 6.46. The first-order chi connectivity index (χ1) is 8.85. The molecule has 0 aliphatic rings. The fourth-order valence-electron chi connectivity index (χ4n) is 1.82. The van der Waals surface area contributed by atoms with Gasteiger partial charge < -0.3 is 5.73 Å². The Bertz CT molecular complexity index is 508. The summed E-state index contributed by atoms with van der Waals surface area (Å²) in [6, 6.07) is 3.37. The minimum Gasteiger partial charge on any atom is -0.397 e. The fraction of sp³-hybridized carbons (Fsp3) is 0.500. The molecule has 0 spiro atoms. The first-order valence-corrected chi connectivity index (χ1v) is 6.46. The molecule has 1 rings (SSSR count). The lowest BCUT2D eigenvalue weighted by molar-refractivity contribution is -0.384. The van der Waals surface area contributed by atoms with Gasteiger partial charge in [-0.3, -0.25) is 10.1 Å². The number of nitrogens with two attached hydrogens (primary N) is 1. The molecule has 0 saturated carbocycles. The van der Waals surface area contributed by atoms with Crippen molar-refractivity contribution < 1.29 is 4.92 Å². The van der Waals surface area contributed by atoms with Crippen LogP contribution >= 0.6 is 0 Å². The largest absolute Gasteiger partial charge is 0.397 e. The van der Waals surface area contributed by atoms with Crippen LogP contribution in [0.25, 0.3) is 0 Å². The van der Waals surface area contributed by atoms with Gasteiger partial charge in [0.25, 0.3) is 5.69 Å². The Morgan fingerprint density at radius 2 is 2.11 bits per heavy atom. The number of anilines is 1. The second-order valence-corrected chi connectivity index (χ2v) is 5.11. The van der Waals surface area contributed by atoms with Gasteiger partial charge in [0.2, 0.25) is 0 Å². The van der Waals surface area contributed by atoms with E-state index in [9.17, 15) is 10.1 Å². The van der Waals surface area contributed by atoms with Crippen LogP contribution < -0.4 is 5.73 Å². The molecule has 1 aromatic rings. The van der Waals surface area contributed by atoms with E-state index in [1.54, 1.807) is 12.1 Å². The Morgan fingerprint density at radius 3 is 2.58 bits per heavy atom. The van der Waals surface area contributed by atoms with Gasteiger partial charge in [-0.2, -0.15) is 0 Å². The molecule has 104 valence electrons. The van der Waals surface area contributed by atoms with Crippen molar-refractivity contribution in [3.05, 3.63) is 27.8 Å². The van der Waals surface area contributed by atoms with E-state index < -0.39 is 4.92 Å². The molecule has 0 radical (unpaired) electrons. The number of rotatable bonds is 5. The van der Waals surface area contributed by atoms with Gasteiger partial charge >= 0.3 is 0 Å². The first kappa shape index (κ1) is 15.1. The van der Waals surface area contributed by atoms with Crippen molar-refractivity contribution in [1.29, 1.82) is 0 Å². The predicted octanol–water partition coefficient (Wildman–Crippen LogP) is 3.88. The fourth-order valence-corrected chi connectivity index (χ4v) is 1.82. The van der Waals surface area contributed by atoms with Crippen LogP contribution in [0.4, 0.5) is 17.1 Å². The molecule has 5 nitrogen and oxygen atoms in total. The van der Waals surface area contributed by atoms with Crippen molar-refractivity contribution in [3.8, 4) is 0 Å². The Labute approximate surface area is 113 Å². The number of aliphatic imine (C=N–C) groups is 1. The number of nitro groups is 1. The Kier molecular flexibility index (Phi) is 5.03. The van der Waals surface area contributed by atoms with Gasteiger partial charge in [-0.1, -0.05) is 20.8 Å². The molecule has 0 fully saturated rings. The molecule has 5 heteroatoms. The van der Waals surface area contributed by atoms with Gasteiger partial charge in [-0.15, -0.1) is 0 Å². The average Bonchev–Trinajstić information content (AvgIpc) is 2.30. The Morgan fingerprint density at radius 1 is 1.47 bits per heavy atom. The van der Waals surface area contributed by atoms with Crippen molar-refractivity contribution >= 4 is 22.8 Å². The summed E-state index contributed by atoms with van der Waals surface area (Å²) in [5, 5.41) is 11.2. The average molecular weight is 263 g/mol. The molecule has 19 heavy (non-hydrogen) atoms. The maximum absolute atomic E-state index is 11.2. The van der Waals surface area contributed by atoms with Crippen molar-refractivity contribution in [1.82, 2.24) is 0 Å². The van der Waals surface area contributed by atoms with Gasteiger partial charge in [-0.05, 0) is 37.3 Å². The van der Waals surface area contributed by atoms with E-state index in [0.29, 0.717) is 11.6 Å². The molecule has 2 N–H and O–H groups in total. The number of hydrogen-bond acceptors (Lipinski definition) is 4. The topological polar surface area (TPSA) is 81.5 Å². The van der Waals surface area contributed by atoms with Crippen molar-refractivity contribution in [2.24, 2.45) is 10.9 Å². The molecule has 0 aromatic heterocycles. The highest BCUT2D eigenvalue weighted by atomic mass is 16.6. The lowest BCUT2D eigenvalue weighted by Gasteiger charge is -2.09. The smallest absolute Gasteiger partial charge is 0.297 e. The van der Waals surface area contributed by atoms with Gasteiger partial charge in [0.05, 0.1) is 10.6 Å². The van der Waals surface area contributed by atoms with Gasteiger partial charge in [0.15, 0.2) is 5.69 Å². The lowest BCUT2D eigenvalue weighted by Crippen LogP contribution is -2.00. The molecule has 0 saturated heterocycles. The summed E-state index contributed by atoms with van der Waals surface area (Å²) in [6.07, 6.45) is 1.51. The zero-order valence-corrected chi connectivity index (χ0v) is 11.9. The maximum Gasteiger partial charge on any atom is 0.297 e. The zero-order chi connectivity index (χ0) is 14.6. The lowest BCUT2D eigenvalue weighted by atomic mass is 10.0. The summed E-state index contributed by atoms with van der Waals surface area (Å²) in [6.45, 7) is 7.92. The molecular weight excluding hydrogens is 242 g/mol. The van der Waals surface area contributed by atoms with Crippen molar-refractivity contribution in [3.63, 3.8) is 0 Å². The molecule has 0 atom stereocenters. The quantitative estimate of drug-likeness (QED) is 0.379. The van der Waals surface area contributed by atoms with E-state index in [1.807, 2.05) is 13.8 Å². The van der Waals surface area contributed by atoms with Crippen LogP contribution in [0.15, 0.2) is 17.1 Å². The van der Waals surface area contributed by atoms with Gasteiger partial charge in [0, 0.05) is 11.8 Å². The Hall–Kier alpha value is -1.91. The third-order valence-corrected chi connectivity index (χ3v) is 2.83. The normalized spacial score (nSPS) is 11.9. The number of nitrogens with zero attached hydrogens (tertiary/aromatic N) is 2. The highest BCUT2D eigenvalue weighted by molar-refractivity contribution is 5.88. The van der Waals surface area contributed by atoms with E-state index in [4.69, 9.17) is 5.73 Å². The van der Waals surface area contributed by atoms with Gasteiger partial charge in [-0.25, -0.2) is 4.99 Å². The van der Waals surface area contributed by atoms with Crippen molar-refractivity contribution in [2.75, 3.05) is 5.73 Å². The summed E-state index contributed by atoms with van der Waals surface area (Å²) in [7, 11) is 0. The number of nitro benzene ring substituents is 1. The summed E-state index contributed by atoms with van der Waals surface area (Å²) in [5.41, 5.74) is 8.27. The number of hydrogen-bond donors (Lipinski definition) is 1. The molecule has 0 amide bonds. The predicted molar refractivity (Wildman–Crippen MR) is 79.1 cm³/mol. The van der Waals surface area contributed by atoms with Crippen molar-refractivity contribution in [2.45, 2.75) is 40.5 Å². The van der Waals surface area contributed by atoms with E-state index in [0.717, 1.165) is 24.1 Å². The van der Waals surface area contributed by atoms with E-state index in [-0.39, 0.29) is 11.4 Å². The number of nitrogen functional groups attached to an aromatic ring is 1. The van der Waals surface area contributed by atoms with Crippen LogP contribution in [0.3, 0.4) is 0 Å². The second kappa shape index (κ2) is 6.31. The molecule has 0 heterocycles. The summed E-state index contributed by atoms with van der Waals surface area (Å²) < 4.78 is 0. The minimum atomic E-state index is -0.415. The molecular formula is C14H21N3O2. The molecule has 0 aliphatic heterocycles. The van der Waals surface area contributed by atoms with Crippen LogP contribution in [-0.2, 0) is 6.42 Å². The van der Waals surface area contributed by atoms with E-state index in [2.05, 4.69) is 18.8 Å². The SMILES string of the molecule is CC/C(C)=N/c1c(N)cc(CC(C)C)cc1[N+](=O)[O-]. The number of benzene rings is 1. The van der Waals surface area contributed by atoms with Crippen LogP contribution in [0, 0.1) is 16.0 Å². The summed E-state index contributed by atoms with van der Waals surface area (Å²) in [4.78, 5) is 15.0. The highest BCUT2D eigenvalue weighted by Gasteiger charge is 2.18. The van der Waals surface area contributed by atoms with Crippen LogP contribution in [0.1, 0.15) is 39.7 Å². The van der Waals surface area contributed by atoms with Crippen LogP contribution in [-0.4, -0.2) is 10.6 Å². The molecule has 0 unspecified atom stereocenters. The van der Waals surface area contributed by atoms with E-state index in [1.165, 1.54) is 0 Å². The third-order valence-electron chi connectivity index (χ3n) is 2.83. The zero-order valence-electron chi connectivity index (χ0n) is 11.9. The standard InChI is InChI=1S/C14H21N3O2/c1-5-10(4)16-14-12(15)7-11(6-9(2)3)8-13(14)17(18)19/h7-9H,5-6,15H2,1-4H3/b16-10+. The molecule has 0 aliphatic carbocycles. The highest BCUT2D eigenvalue weighted by Crippen LogP contribution is 2.35. The van der Waals surface area contributed by atoms with E-state index >= 15 is 0 Å². The summed E-state index contributed by atoms with van der Waals surface area (Å²) >= 11 is 0.